The molecule has 0 aliphatic carbocycles. The van der Waals surface area contributed by atoms with Crippen LogP contribution in [0.15, 0.2) is 36.5 Å². The van der Waals surface area contributed by atoms with Gasteiger partial charge in [-0.2, -0.15) is 0 Å². The van der Waals surface area contributed by atoms with Crippen molar-refractivity contribution in [2.75, 3.05) is 20.3 Å². The Labute approximate surface area is 214 Å². The molecule has 1 fully saturated rings. The highest BCUT2D eigenvalue weighted by Crippen LogP contribution is 2.40. The average molecular weight is 493 g/mol. The quantitative estimate of drug-likeness (QED) is 0.404. The van der Waals surface area contributed by atoms with Crippen LogP contribution in [0.2, 0.25) is 0 Å². The van der Waals surface area contributed by atoms with Gasteiger partial charge in [-0.1, -0.05) is 25.5 Å². The fourth-order valence-electron chi connectivity index (χ4n) is 5.14. The number of carbonyl (C=O) groups is 1. The van der Waals surface area contributed by atoms with Crippen molar-refractivity contribution in [2.24, 2.45) is 5.41 Å². The number of esters is 1. The van der Waals surface area contributed by atoms with Crippen molar-refractivity contribution in [1.82, 2.24) is 20.4 Å². The SMILES string of the molecule is CCn1c(-c2cccnc2[C@H](C)OC)c(CC(C)(C)COC(=O)[C@@H]2CCCNN2)c2cc(C)ccc21. The lowest BCUT2D eigenvalue weighted by Gasteiger charge is -2.28. The number of hydrogen-bond acceptors (Lipinski definition) is 6. The van der Waals surface area contributed by atoms with E-state index < -0.39 is 0 Å². The lowest BCUT2D eigenvalue weighted by Crippen LogP contribution is -2.50. The fourth-order valence-corrected chi connectivity index (χ4v) is 5.14. The minimum absolute atomic E-state index is 0.135. The van der Waals surface area contributed by atoms with Crippen LogP contribution >= 0.6 is 0 Å². The van der Waals surface area contributed by atoms with Crippen LogP contribution in [-0.4, -0.2) is 41.8 Å². The first-order chi connectivity index (χ1) is 17.3. The Morgan fingerprint density at radius 3 is 2.81 bits per heavy atom. The topological polar surface area (TPSA) is 77.4 Å². The van der Waals surface area contributed by atoms with E-state index in [4.69, 9.17) is 14.5 Å². The van der Waals surface area contributed by atoms with Crippen molar-refractivity contribution in [3.05, 3.63) is 53.3 Å². The smallest absolute Gasteiger partial charge is 0.324 e. The lowest BCUT2D eigenvalue weighted by molar-refractivity contribution is -0.150. The molecule has 3 heterocycles. The van der Waals surface area contributed by atoms with Crippen LogP contribution in [0.5, 0.6) is 0 Å². The number of ether oxygens (including phenoxy) is 2. The van der Waals surface area contributed by atoms with Crippen molar-refractivity contribution < 1.29 is 14.3 Å². The van der Waals surface area contributed by atoms with E-state index in [2.05, 4.69) is 67.4 Å². The molecule has 1 aromatic carbocycles. The number of aryl methyl sites for hydroxylation is 2. The summed E-state index contributed by atoms with van der Waals surface area (Å²) in [4.78, 5) is 17.4. The van der Waals surface area contributed by atoms with Crippen molar-refractivity contribution >= 4 is 16.9 Å². The second kappa shape index (κ2) is 11.1. The molecule has 1 aliphatic rings. The Kier molecular flexibility index (Phi) is 8.13. The van der Waals surface area contributed by atoms with E-state index in [1.54, 1.807) is 7.11 Å². The molecule has 2 N–H and O–H groups in total. The summed E-state index contributed by atoms with van der Waals surface area (Å²) in [5.74, 6) is -0.189. The second-order valence-electron chi connectivity index (χ2n) is 10.6. The molecular formula is C29H40N4O3. The number of pyridine rings is 1. The second-order valence-corrected chi connectivity index (χ2v) is 10.6. The molecule has 0 unspecified atom stereocenters. The van der Waals surface area contributed by atoms with Crippen molar-refractivity contribution in [3.63, 3.8) is 0 Å². The Morgan fingerprint density at radius 1 is 1.31 bits per heavy atom. The molecule has 0 spiro atoms. The van der Waals surface area contributed by atoms with Crippen LogP contribution in [0, 0.1) is 12.3 Å². The number of nitrogens with zero attached hydrogens (tertiary/aromatic N) is 2. The third kappa shape index (κ3) is 5.48. The summed E-state index contributed by atoms with van der Waals surface area (Å²) < 4.78 is 13.9. The molecule has 3 aromatic rings. The highest BCUT2D eigenvalue weighted by molar-refractivity contribution is 5.93. The number of hydrazine groups is 1. The minimum Gasteiger partial charge on any atom is -0.464 e. The third-order valence-electron chi connectivity index (χ3n) is 7.09. The van der Waals surface area contributed by atoms with Gasteiger partial charge >= 0.3 is 5.97 Å². The summed E-state index contributed by atoms with van der Waals surface area (Å²) in [5.41, 5.74) is 12.7. The molecule has 2 atom stereocenters. The summed E-state index contributed by atoms with van der Waals surface area (Å²) in [6.45, 7) is 12.7. The number of carbonyl (C=O) groups excluding carboxylic acids is 1. The van der Waals surface area contributed by atoms with Gasteiger partial charge in [0.1, 0.15) is 6.04 Å². The standard InChI is InChI=1S/C29H40N4O3/c1-7-33-25-13-12-19(2)16-22(25)23(27(33)21-10-8-14-30-26(21)20(3)35-6)17-29(4,5)18-36-28(34)24-11-9-15-31-32-24/h8,10,12-14,16,20,24,31-32H,7,9,11,15,17-18H2,1-6H3/t20-,24-/m0/s1. The van der Waals surface area contributed by atoms with Gasteiger partial charge in [-0.05, 0) is 69.9 Å². The fraction of sp³-hybridized carbons (Fsp3) is 0.517. The molecule has 0 bridgehead atoms. The Bertz CT molecular complexity index is 1210. The zero-order valence-corrected chi connectivity index (χ0v) is 22.5. The van der Waals surface area contributed by atoms with Gasteiger partial charge in [0.25, 0.3) is 0 Å². The average Bonchev–Trinajstić information content (AvgIpc) is 3.18. The molecular weight excluding hydrogens is 452 g/mol. The molecule has 1 saturated heterocycles. The molecule has 7 nitrogen and oxygen atoms in total. The normalized spacial score (nSPS) is 17.3. The number of hydrogen-bond donors (Lipinski definition) is 2. The maximum Gasteiger partial charge on any atom is 0.324 e. The maximum absolute atomic E-state index is 12.7. The molecule has 0 amide bonds. The maximum atomic E-state index is 12.7. The van der Waals surface area contributed by atoms with E-state index in [0.29, 0.717) is 6.61 Å². The van der Waals surface area contributed by atoms with Gasteiger partial charge < -0.3 is 14.0 Å². The molecule has 7 heteroatoms. The monoisotopic (exact) mass is 492 g/mol. The molecule has 36 heavy (non-hydrogen) atoms. The molecule has 1 aliphatic heterocycles. The number of rotatable bonds is 9. The van der Waals surface area contributed by atoms with Crippen LogP contribution in [0.4, 0.5) is 0 Å². The van der Waals surface area contributed by atoms with E-state index in [1.165, 1.54) is 27.7 Å². The summed E-state index contributed by atoms with van der Waals surface area (Å²) in [6.07, 6.45) is 4.21. The van der Waals surface area contributed by atoms with Gasteiger partial charge in [0.05, 0.1) is 24.1 Å². The van der Waals surface area contributed by atoms with Crippen molar-refractivity contribution in [2.45, 2.75) is 72.6 Å². The summed E-state index contributed by atoms with van der Waals surface area (Å²) in [5, 5.41) is 1.24. The number of nitrogens with one attached hydrogen (secondary N) is 2. The van der Waals surface area contributed by atoms with E-state index in [0.717, 1.165) is 43.6 Å². The van der Waals surface area contributed by atoms with Crippen LogP contribution in [-0.2, 0) is 27.2 Å². The van der Waals surface area contributed by atoms with Gasteiger partial charge in [-0.25, -0.2) is 5.43 Å². The molecule has 0 radical (unpaired) electrons. The zero-order chi connectivity index (χ0) is 25.9. The van der Waals surface area contributed by atoms with Gasteiger partial charge in [0.15, 0.2) is 0 Å². The van der Waals surface area contributed by atoms with E-state index in [9.17, 15) is 4.79 Å². The number of aromatic nitrogens is 2. The zero-order valence-electron chi connectivity index (χ0n) is 22.5. The Morgan fingerprint density at radius 2 is 2.11 bits per heavy atom. The number of methoxy groups -OCH3 is 1. The number of benzene rings is 1. The van der Waals surface area contributed by atoms with Gasteiger partial charge in [-0.3, -0.25) is 15.2 Å². The summed E-state index contributed by atoms with van der Waals surface area (Å²) in [7, 11) is 1.72. The first kappa shape index (κ1) is 26.3. The van der Waals surface area contributed by atoms with Crippen LogP contribution < -0.4 is 10.9 Å². The molecule has 0 saturated carbocycles. The molecule has 4 rings (SSSR count). The van der Waals surface area contributed by atoms with Gasteiger partial charge in [0.2, 0.25) is 0 Å². The highest BCUT2D eigenvalue weighted by Gasteiger charge is 2.30. The van der Waals surface area contributed by atoms with Gasteiger partial charge in [0, 0.05) is 48.3 Å². The van der Waals surface area contributed by atoms with Crippen molar-refractivity contribution in [3.8, 4) is 11.3 Å². The van der Waals surface area contributed by atoms with E-state index in [-0.39, 0.29) is 23.5 Å². The van der Waals surface area contributed by atoms with Crippen LogP contribution in [0.25, 0.3) is 22.2 Å². The Hall–Kier alpha value is -2.74. The summed E-state index contributed by atoms with van der Waals surface area (Å²) >= 11 is 0. The van der Waals surface area contributed by atoms with E-state index in [1.807, 2.05) is 19.2 Å². The van der Waals surface area contributed by atoms with Crippen LogP contribution in [0.3, 0.4) is 0 Å². The summed E-state index contributed by atoms with van der Waals surface area (Å²) in [6, 6.07) is 10.5. The lowest BCUT2D eigenvalue weighted by atomic mass is 9.84. The molecule has 2 aromatic heterocycles. The Balaban J connectivity index is 1.75. The first-order valence-corrected chi connectivity index (χ1v) is 13.0. The van der Waals surface area contributed by atoms with Crippen molar-refractivity contribution in [1.29, 1.82) is 0 Å². The van der Waals surface area contributed by atoms with Gasteiger partial charge in [-0.15, -0.1) is 0 Å². The number of fused-ring (bicyclic) bond motifs is 1. The van der Waals surface area contributed by atoms with E-state index >= 15 is 0 Å². The van der Waals surface area contributed by atoms with Crippen LogP contribution in [0.1, 0.15) is 63.5 Å². The largest absolute Gasteiger partial charge is 0.464 e. The molecule has 194 valence electrons. The minimum atomic E-state index is -0.289. The predicted molar refractivity (Wildman–Crippen MR) is 144 cm³/mol. The highest BCUT2D eigenvalue weighted by atomic mass is 16.5. The third-order valence-corrected chi connectivity index (χ3v) is 7.09. The predicted octanol–water partition coefficient (Wildman–Crippen LogP) is 5.11. The first-order valence-electron chi connectivity index (χ1n) is 13.0.